The van der Waals surface area contributed by atoms with Crippen molar-refractivity contribution >= 4 is 76.6 Å². The number of aliphatic imine (C=N–C) groups is 1. The fraction of sp³-hybridized carbons (Fsp3) is 0.0250. The summed E-state index contributed by atoms with van der Waals surface area (Å²) >= 11 is 0. The Kier molecular flexibility index (Phi) is 4.74. The van der Waals surface area contributed by atoms with Crippen LogP contribution in [0.15, 0.2) is 149 Å². The molecule has 4 heteroatoms. The van der Waals surface area contributed by atoms with Crippen LogP contribution in [0, 0.1) is 0 Å². The minimum absolute atomic E-state index is 0.414. The largest absolute Gasteiger partial charge is 0.454 e. The van der Waals surface area contributed by atoms with Gasteiger partial charge in [-0.3, -0.25) is 0 Å². The van der Waals surface area contributed by atoms with E-state index in [1.807, 2.05) is 12.1 Å². The number of benzene rings is 7. The molecule has 1 aliphatic heterocycles. The zero-order valence-corrected chi connectivity index (χ0v) is 23.7. The van der Waals surface area contributed by atoms with Gasteiger partial charge >= 0.3 is 0 Å². The quantitative estimate of drug-likeness (QED) is 0.227. The summed E-state index contributed by atoms with van der Waals surface area (Å²) in [6, 6.07) is 49.6. The van der Waals surface area contributed by atoms with Crippen molar-refractivity contribution in [3.63, 3.8) is 0 Å². The predicted octanol–water partition coefficient (Wildman–Crippen LogP) is 10.4. The summed E-state index contributed by atoms with van der Waals surface area (Å²) < 4.78 is 9.05. The number of nitrogens with one attached hydrogen (secondary N) is 1. The molecule has 1 atom stereocenters. The van der Waals surface area contributed by atoms with Crippen LogP contribution >= 0.6 is 0 Å². The van der Waals surface area contributed by atoms with Gasteiger partial charge in [-0.1, -0.05) is 103 Å². The SMILES string of the molecule is c1ccc2cc(C3=NC(n4c5cc6ccccc6cc5c5c6ccccc6ccc54)c4oc5ccccc5c4N3)ccc2c1. The van der Waals surface area contributed by atoms with Crippen LogP contribution in [0.3, 0.4) is 0 Å². The second-order valence-electron chi connectivity index (χ2n) is 11.6. The number of anilines is 1. The third-order valence-electron chi connectivity index (χ3n) is 9.18. The Labute approximate surface area is 252 Å². The van der Waals surface area contributed by atoms with Gasteiger partial charge in [-0.15, -0.1) is 0 Å². The predicted molar refractivity (Wildman–Crippen MR) is 183 cm³/mol. The van der Waals surface area contributed by atoms with Crippen molar-refractivity contribution < 1.29 is 4.42 Å². The van der Waals surface area contributed by atoms with Crippen LogP contribution in [0.25, 0.3) is 65.1 Å². The van der Waals surface area contributed by atoms with Crippen molar-refractivity contribution in [1.82, 2.24) is 4.57 Å². The molecule has 44 heavy (non-hydrogen) atoms. The van der Waals surface area contributed by atoms with Crippen LogP contribution in [-0.4, -0.2) is 10.4 Å². The molecule has 2 aromatic heterocycles. The van der Waals surface area contributed by atoms with Gasteiger partial charge < -0.3 is 14.3 Å². The highest BCUT2D eigenvalue weighted by Gasteiger charge is 2.32. The number of para-hydroxylation sites is 1. The average molecular weight is 564 g/mol. The maximum absolute atomic E-state index is 6.66. The number of hydrogen-bond acceptors (Lipinski definition) is 3. The fourth-order valence-corrected chi connectivity index (χ4v) is 7.13. The molecule has 1 aliphatic rings. The number of furan rings is 1. The van der Waals surface area contributed by atoms with Crippen LogP contribution in [0.1, 0.15) is 17.5 Å². The number of hydrogen-bond donors (Lipinski definition) is 1. The topological polar surface area (TPSA) is 42.5 Å². The van der Waals surface area contributed by atoms with E-state index in [1.165, 1.54) is 43.1 Å². The average Bonchev–Trinajstić information content (AvgIpc) is 3.62. The maximum Gasteiger partial charge on any atom is 0.188 e. The number of amidine groups is 1. The highest BCUT2D eigenvalue weighted by molar-refractivity contribution is 6.23. The highest BCUT2D eigenvalue weighted by atomic mass is 16.3. The van der Waals surface area contributed by atoms with Crippen molar-refractivity contribution in [2.75, 3.05) is 5.32 Å². The van der Waals surface area contributed by atoms with E-state index >= 15 is 0 Å². The molecular formula is C40H25N3O. The van der Waals surface area contributed by atoms with E-state index in [2.05, 4.69) is 137 Å². The summed E-state index contributed by atoms with van der Waals surface area (Å²) in [6.45, 7) is 0. The normalized spacial score (nSPS) is 14.9. The molecule has 0 aliphatic carbocycles. The maximum atomic E-state index is 6.66. The molecule has 0 bridgehead atoms. The van der Waals surface area contributed by atoms with E-state index in [0.717, 1.165) is 44.8 Å². The number of rotatable bonds is 2. The molecule has 3 heterocycles. The molecule has 206 valence electrons. The van der Waals surface area contributed by atoms with Gasteiger partial charge in [0.2, 0.25) is 0 Å². The molecule has 1 N–H and O–H groups in total. The second kappa shape index (κ2) is 8.82. The Morgan fingerprint density at radius 3 is 2.05 bits per heavy atom. The van der Waals surface area contributed by atoms with Crippen molar-refractivity contribution in [2.45, 2.75) is 6.17 Å². The Bertz CT molecular complexity index is 2660. The Morgan fingerprint density at radius 2 is 1.20 bits per heavy atom. The van der Waals surface area contributed by atoms with E-state index in [4.69, 9.17) is 9.41 Å². The minimum Gasteiger partial charge on any atom is -0.454 e. The summed E-state index contributed by atoms with van der Waals surface area (Å²) in [4.78, 5) is 5.47. The lowest BCUT2D eigenvalue weighted by Gasteiger charge is -2.24. The first kappa shape index (κ1) is 23.7. The lowest BCUT2D eigenvalue weighted by Crippen LogP contribution is -2.23. The van der Waals surface area contributed by atoms with Crippen molar-refractivity contribution in [2.24, 2.45) is 4.99 Å². The Hall–Kier alpha value is -5.87. The van der Waals surface area contributed by atoms with E-state index in [9.17, 15) is 0 Å². The summed E-state index contributed by atoms with van der Waals surface area (Å²) in [5.74, 6) is 1.65. The van der Waals surface area contributed by atoms with Gasteiger partial charge in [0.05, 0.1) is 16.7 Å². The zero-order chi connectivity index (χ0) is 28.8. The van der Waals surface area contributed by atoms with Crippen LogP contribution < -0.4 is 5.32 Å². The van der Waals surface area contributed by atoms with Gasteiger partial charge in [0.25, 0.3) is 0 Å². The minimum atomic E-state index is -0.414. The first-order chi connectivity index (χ1) is 21.8. The van der Waals surface area contributed by atoms with Gasteiger partial charge in [-0.25, -0.2) is 4.99 Å². The molecule has 0 spiro atoms. The van der Waals surface area contributed by atoms with Crippen LogP contribution in [-0.2, 0) is 0 Å². The molecule has 0 saturated carbocycles. The lowest BCUT2D eigenvalue weighted by atomic mass is 10.0. The molecule has 9 aromatic rings. The van der Waals surface area contributed by atoms with Gasteiger partial charge in [0, 0.05) is 21.7 Å². The molecule has 10 rings (SSSR count). The Morgan fingerprint density at radius 1 is 0.545 bits per heavy atom. The highest BCUT2D eigenvalue weighted by Crippen LogP contribution is 2.45. The van der Waals surface area contributed by atoms with Crippen LogP contribution in [0.4, 0.5) is 5.69 Å². The third kappa shape index (κ3) is 3.31. The molecule has 1 unspecified atom stereocenters. The van der Waals surface area contributed by atoms with E-state index in [1.54, 1.807) is 0 Å². The first-order valence-electron chi connectivity index (χ1n) is 15.0. The molecule has 0 saturated heterocycles. The lowest BCUT2D eigenvalue weighted by molar-refractivity contribution is 0.473. The summed E-state index contributed by atoms with van der Waals surface area (Å²) in [5, 5.41) is 14.5. The number of aromatic nitrogens is 1. The van der Waals surface area contributed by atoms with Crippen molar-refractivity contribution in [1.29, 1.82) is 0 Å². The molecular weight excluding hydrogens is 538 g/mol. The third-order valence-corrected chi connectivity index (χ3v) is 9.18. The second-order valence-corrected chi connectivity index (χ2v) is 11.6. The van der Waals surface area contributed by atoms with Gasteiger partial charge in [-0.05, 0) is 68.7 Å². The van der Waals surface area contributed by atoms with Crippen LogP contribution in [0.2, 0.25) is 0 Å². The fourth-order valence-electron chi connectivity index (χ4n) is 7.13. The molecule has 0 radical (unpaired) electrons. The smallest absolute Gasteiger partial charge is 0.188 e. The zero-order valence-electron chi connectivity index (χ0n) is 23.7. The van der Waals surface area contributed by atoms with Gasteiger partial charge in [0.1, 0.15) is 11.4 Å². The summed E-state index contributed by atoms with van der Waals surface area (Å²) in [6.07, 6.45) is -0.414. The number of nitrogens with zero attached hydrogens (tertiary/aromatic N) is 2. The summed E-state index contributed by atoms with van der Waals surface area (Å²) in [5.41, 5.74) is 5.13. The molecule has 7 aromatic carbocycles. The van der Waals surface area contributed by atoms with E-state index < -0.39 is 6.17 Å². The monoisotopic (exact) mass is 563 g/mol. The van der Waals surface area contributed by atoms with Crippen LogP contribution in [0.5, 0.6) is 0 Å². The van der Waals surface area contributed by atoms with Crippen molar-refractivity contribution in [3.05, 3.63) is 151 Å². The van der Waals surface area contributed by atoms with Crippen molar-refractivity contribution in [3.8, 4) is 0 Å². The van der Waals surface area contributed by atoms with Gasteiger partial charge in [0.15, 0.2) is 11.9 Å². The molecule has 4 nitrogen and oxygen atoms in total. The summed E-state index contributed by atoms with van der Waals surface area (Å²) in [7, 11) is 0. The number of fused-ring (bicyclic) bond motifs is 10. The van der Waals surface area contributed by atoms with E-state index in [-0.39, 0.29) is 0 Å². The first-order valence-corrected chi connectivity index (χ1v) is 15.0. The van der Waals surface area contributed by atoms with E-state index in [0.29, 0.717) is 0 Å². The standard InChI is InChI=1S/C40H25N3O/c1-2-11-26-21-29(18-17-24(26)9-1)39-41-37-31-15-7-8-16-35(31)44-38(37)40(42-39)43-33-20-19-25-10-5-6-14-30(25)36(33)32-22-27-12-3-4-13-28(27)23-34(32)43/h1-23,40H,(H,41,42). The van der Waals surface area contributed by atoms with Gasteiger partial charge in [-0.2, -0.15) is 0 Å². The molecule has 0 amide bonds. The molecule has 0 fully saturated rings. The Balaban J connectivity index is 1.33.